The molecular formula is C10H14OS. The average molecular weight is 182 g/mol. The van der Waals surface area contributed by atoms with Crippen molar-refractivity contribution in [2.75, 3.05) is 0 Å². The number of rotatable bonds is 2. The molecule has 1 aromatic carbocycles. The zero-order chi connectivity index (χ0) is 9.19. The summed E-state index contributed by atoms with van der Waals surface area (Å²) in [4.78, 5) is 0.847. The summed E-state index contributed by atoms with van der Waals surface area (Å²) in [6.45, 7) is 3.87. The SMILES string of the molecule is C=S(=O)(c1ccccc1)C(C)C. The molecule has 0 bridgehead atoms. The van der Waals surface area contributed by atoms with Crippen LogP contribution < -0.4 is 0 Å². The standard InChI is InChI=1S/C10H14OS/c1-9(2)12(3,11)10-7-5-4-6-8-10/h4-9H,3H2,1-2H3. The Morgan fingerprint density at radius 2 is 1.75 bits per heavy atom. The van der Waals surface area contributed by atoms with Gasteiger partial charge in [0.1, 0.15) is 0 Å². The van der Waals surface area contributed by atoms with Crippen LogP contribution in [0.4, 0.5) is 0 Å². The van der Waals surface area contributed by atoms with Gasteiger partial charge in [0.2, 0.25) is 0 Å². The highest BCUT2D eigenvalue weighted by Gasteiger charge is 2.10. The van der Waals surface area contributed by atoms with Crippen LogP contribution in [0.1, 0.15) is 13.8 Å². The van der Waals surface area contributed by atoms with E-state index in [9.17, 15) is 4.21 Å². The lowest BCUT2D eigenvalue weighted by Crippen LogP contribution is -2.13. The van der Waals surface area contributed by atoms with Gasteiger partial charge in [-0.2, -0.15) is 0 Å². The van der Waals surface area contributed by atoms with Crippen molar-refractivity contribution in [3.63, 3.8) is 0 Å². The molecule has 2 heteroatoms. The maximum Gasteiger partial charge on any atom is 0.0307 e. The maximum absolute atomic E-state index is 12.0. The first kappa shape index (κ1) is 9.33. The summed E-state index contributed by atoms with van der Waals surface area (Å²) < 4.78 is 12.0. The molecule has 0 heterocycles. The van der Waals surface area contributed by atoms with Crippen molar-refractivity contribution < 1.29 is 4.21 Å². The number of hydrogen-bond acceptors (Lipinski definition) is 1. The molecule has 0 spiro atoms. The highest BCUT2D eigenvalue weighted by atomic mass is 32.2. The fraction of sp³-hybridized carbons (Fsp3) is 0.300. The third-order valence-electron chi connectivity index (χ3n) is 1.90. The molecule has 1 rings (SSSR count). The molecule has 0 aromatic heterocycles. The van der Waals surface area contributed by atoms with Gasteiger partial charge in [0.15, 0.2) is 0 Å². The van der Waals surface area contributed by atoms with Gasteiger partial charge < -0.3 is 0 Å². The predicted molar refractivity (Wildman–Crippen MR) is 55.1 cm³/mol. The molecule has 66 valence electrons. The van der Waals surface area contributed by atoms with Gasteiger partial charge in [-0.3, -0.25) is 4.21 Å². The van der Waals surface area contributed by atoms with Crippen molar-refractivity contribution in [2.45, 2.75) is 24.0 Å². The van der Waals surface area contributed by atoms with Crippen LogP contribution in [0, 0.1) is 0 Å². The van der Waals surface area contributed by atoms with Crippen LogP contribution in [0.15, 0.2) is 35.2 Å². The Bertz CT molecular complexity index is 335. The lowest BCUT2D eigenvalue weighted by atomic mass is 10.4. The van der Waals surface area contributed by atoms with Gasteiger partial charge in [-0.05, 0) is 27.5 Å². The Hall–Kier alpha value is -0.760. The molecule has 0 radical (unpaired) electrons. The summed E-state index contributed by atoms with van der Waals surface area (Å²) in [5, 5.41) is 0.0971. The molecule has 0 aliphatic heterocycles. The minimum atomic E-state index is -2.08. The van der Waals surface area contributed by atoms with Crippen molar-refractivity contribution in [1.29, 1.82) is 0 Å². The Kier molecular flexibility index (Phi) is 2.58. The smallest absolute Gasteiger partial charge is 0.0307 e. The quantitative estimate of drug-likeness (QED) is 0.641. The Labute approximate surface area is 74.4 Å². The zero-order valence-corrected chi connectivity index (χ0v) is 8.30. The van der Waals surface area contributed by atoms with E-state index in [4.69, 9.17) is 0 Å². The Balaban J connectivity index is 3.17. The van der Waals surface area contributed by atoms with Gasteiger partial charge in [-0.15, -0.1) is 0 Å². The third kappa shape index (κ3) is 1.69. The molecule has 0 saturated carbocycles. The fourth-order valence-corrected chi connectivity index (χ4v) is 2.09. The molecule has 1 unspecified atom stereocenters. The first-order chi connectivity index (χ1) is 5.55. The van der Waals surface area contributed by atoms with Crippen LogP contribution in [0.3, 0.4) is 0 Å². The lowest BCUT2D eigenvalue weighted by Gasteiger charge is -2.12. The molecule has 0 aliphatic carbocycles. The van der Waals surface area contributed by atoms with Gasteiger partial charge in [-0.25, -0.2) is 0 Å². The Morgan fingerprint density at radius 3 is 2.17 bits per heavy atom. The van der Waals surface area contributed by atoms with Crippen LogP contribution in [0.2, 0.25) is 0 Å². The zero-order valence-electron chi connectivity index (χ0n) is 7.49. The third-order valence-corrected chi connectivity index (χ3v) is 4.50. The van der Waals surface area contributed by atoms with Crippen molar-refractivity contribution in [1.82, 2.24) is 0 Å². The van der Waals surface area contributed by atoms with Gasteiger partial charge in [0.05, 0.1) is 0 Å². The molecule has 0 aliphatic rings. The van der Waals surface area contributed by atoms with E-state index in [2.05, 4.69) is 5.87 Å². The molecule has 12 heavy (non-hydrogen) atoms. The molecule has 0 saturated heterocycles. The predicted octanol–water partition coefficient (Wildman–Crippen LogP) is 2.17. The largest absolute Gasteiger partial charge is 0.263 e. The van der Waals surface area contributed by atoms with Gasteiger partial charge in [0.25, 0.3) is 0 Å². The summed E-state index contributed by atoms with van der Waals surface area (Å²) in [7, 11) is -2.08. The van der Waals surface area contributed by atoms with E-state index < -0.39 is 9.52 Å². The second-order valence-corrected chi connectivity index (χ2v) is 5.95. The molecule has 1 aromatic rings. The van der Waals surface area contributed by atoms with E-state index in [0.717, 1.165) is 4.90 Å². The highest BCUT2D eigenvalue weighted by molar-refractivity contribution is 8.00. The van der Waals surface area contributed by atoms with Crippen LogP contribution >= 0.6 is 0 Å². The van der Waals surface area contributed by atoms with Crippen molar-refractivity contribution in [2.24, 2.45) is 0 Å². The average Bonchev–Trinajstić information content (AvgIpc) is 2.06. The van der Waals surface area contributed by atoms with Gasteiger partial charge in [0, 0.05) is 10.1 Å². The topological polar surface area (TPSA) is 17.1 Å². The summed E-state index contributed by atoms with van der Waals surface area (Å²) in [6.07, 6.45) is 0. The molecule has 0 amide bonds. The molecule has 1 nitrogen and oxygen atoms in total. The number of hydrogen-bond donors (Lipinski definition) is 0. The minimum absolute atomic E-state index is 0.0971. The van der Waals surface area contributed by atoms with E-state index in [1.165, 1.54) is 0 Å². The Morgan fingerprint density at radius 1 is 1.25 bits per heavy atom. The normalized spacial score (nSPS) is 15.9. The molecule has 0 N–H and O–H groups in total. The van der Waals surface area contributed by atoms with Crippen molar-refractivity contribution in [3.8, 4) is 0 Å². The lowest BCUT2D eigenvalue weighted by molar-refractivity contribution is 0.674. The summed E-state index contributed by atoms with van der Waals surface area (Å²) in [6, 6.07) is 9.44. The second-order valence-electron chi connectivity index (χ2n) is 3.09. The first-order valence-corrected chi connectivity index (χ1v) is 5.75. The summed E-state index contributed by atoms with van der Waals surface area (Å²) >= 11 is 0. The van der Waals surface area contributed by atoms with Crippen LogP contribution in [0.5, 0.6) is 0 Å². The van der Waals surface area contributed by atoms with Crippen molar-refractivity contribution in [3.05, 3.63) is 30.3 Å². The monoisotopic (exact) mass is 182 g/mol. The second kappa shape index (κ2) is 3.31. The molecule has 0 fully saturated rings. The first-order valence-electron chi connectivity index (χ1n) is 3.96. The van der Waals surface area contributed by atoms with E-state index in [0.29, 0.717) is 0 Å². The van der Waals surface area contributed by atoms with E-state index in [-0.39, 0.29) is 5.25 Å². The maximum atomic E-state index is 12.0. The molecular weight excluding hydrogens is 168 g/mol. The van der Waals surface area contributed by atoms with E-state index in [1.807, 2.05) is 44.2 Å². The fourth-order valence-electron chi connectivity index (χ4n) is 0.923. The van der Waals surface area contributed by atoms with Crippen molar-refractivity contribution >= 4 is 15.4 Å². The number of benzene rings is 1. The highest BCUT2D eigenvalue weighted by Crippen LogP contribution is 2.14. The van der Waals surface area contributed by atoms with Gasteiger partial charge in [-0.1, -0.05) is 32.0 Å². The van der Waals surface area contributed by atoms with E-state index >= 15 is 0 Å². The summed E-state index contributed by atoms with van der Waals surface area (Å²) in [5.74, 6) is 3.77. The minimum Gasteiger partial charge on any atom is -0.263 e. The van der Waals surface area contributed by atoms with Crippen LogP contribution in [-0.2, 0) is 9.52 Å². The van der Waals surface area contributed by atoms with Crippen LogP contribution in [-0.4, -0.2) is 15.3 Å². The van der Waals surface area contributed by atoms with Gasteiger partial charge >= 0.3 is 0 Å². The molecule has 1 atom stereocenters. The van der Waals surface area contributed by atoms with E-state index in [1.54, 1.807) is 0 Å². The van der Waals surface area contributed by atoms with Crippen LogP contribution in [0.25, 0.3) is 0 Å². The summed E-state index contributed by atoms with van der Waals surface area (Å²) in [5.41, 5.74) is 0.